The van der Waals surface area contributed by atoms with Gasteiger partial charge in [-0.05, 0) is 57.4 Å². The summed E-state index contributed by atoms with van der Waals surface area (Å²) in [6.45, 7) is 1.93. The lowest BCUT2D eigenvalue weighted by atomic mass is 9.91. The molecule has 3 rings (SSSR count). The van der Waals surface area contributed by atoms with Gasteiger partial charge in [0, 0.05) is 19.1 Å². The molecule has 3 fully saturated rings. The molecule has 0 spiro atoms. The van der Waals surface area contributed by atoms with Crippen LogP contribution in [0.4, 0.5) is 0 Å². The van der Waals surface area contributed by atoms with Crippen LogP contribution in [0.2, 0.25) is 0 Å². The number of carbonyl (C=O) groups excluding carboxylic acids is 1. The summed E-state index contributed by atoms with van der Waals surface area (Å²) in [6.07, 6.45) is 10.2. The summed E-state index contributed by atoms with van der Waals surface area (Å²) >= 11 is 0. The molecular formula is C17H30N2O2. The van der Waals surface area contributed by atoms with Crippen LogP contribution < -0.4 is 5.32 Å². The van der Waals surface area contributed by atoms with E-state index in [1.807, 2.05) is 0 Å². The third kappa shape index (κ3) is 3.59. The zero-order chi connectivity index (χ0) is 14.9. The highest BCUT2D eigenvalue weighted by molar-refractivity contribution is 5.82. The van der Waals surface area contributed by atoms with Crippen molar-refractivity contribution in [3.63, 3.8) is 0 Å². The summed E-state index contributed by atoms with van der Waals surface area (Å²) in [4.78, 5) is 14.9. The van der Waals surface area contributed by atoms with Crippen LogP contribution in [0.5, 0.6) is 0 Å². The number of hydrogen-bond donors (Lipinski definition) is 1. The highest BCUT2D eigenvalue weighted by Crippen LogP contribution is 2.43. The summed E-state index contributed by atoms with van der Waals surface area (Å²) in [5, 5.41) is 3.66. The Balaban J connectivity index is 1.66. The molecular weight excluding hydrogens is 264 g/mol. The Hall–Kier alpha value is -0.610. The predicted molar refractivity (Wildman–Crippen MR) is 83.1 cm³/mol. The SMILES string of the molecule is COC(=O)C(CN(C)CC1CCCC1)(NC1CC1)C1CC1. The van der Waals surface area contributed by atoms with Crippen LogP contribution in [0.3, 0.4) is 0 Å². The smallest absolute Gasteiger partial charge is 0.327 e. The fourth-order valence-electron chi connectivity index (χ4n) is 4.06. The predicted octanol–water partition coefficient (Wildman–Crippen LogP) is 2.18. The first-order valence-corrected chi connectivity index (χ1v) is 8.68. The third-order valence-corrected chi connectivity index (χ3v) is 5.43. The zero-order valence-corrected chi connectivity index (χ0v) is 13.6. The molecule has 0 aromatic rings. The van der Waals surface area contributed by atoms with E-state index in [2.05, 4.69) is 17.3 Å². The van der Waals surface area contributed by atoms with Crippen LogP contribution in [0.1, 0.15) is 51.4 Å². The summed E-state index contributed by atoms with van der Waals surface area (Å²) < 4.78 is 5.19. The molecule has 1 atom stereocenters. The number of esters is 1. The lowest BCUT2D eigenvalue weighted by molar-refractivity contribution is -0.151. The molecule has 0 bridgehead atoms. The van der Waals surface area contributed by atoms with Crippen LogP contribution in [-0.2, 0) is 9.53 Å². The van der Waals surface area contributed by atoms with E-state index in [0.717, 1.165) is 31.8 Å². The van der Waals surface area contributed by atoms with Crippen molar-refractivity contribution >= 4 is 5.97 Å². The van der Waals surface area contributed by atoms with E-state index < -0.39 is 5.54 Å². The fraction of sp³-hybridized carbons (Fsp3) is 0.941. The van der Waals surface area contributed by atoms with Crippen molar-refractivity contribution in [2.75, 3.05) is 27.2 Å². The van der Waals surface area contributed by atoms with Crippen LogP contribution in [-0.4, -0.2) is 49.7 Å². The number of nitrogens with zero attached hydrogens (tertiary/aromatic N) is 1. The van der Waals surface area contributed by atoms with Gasteiger partial charge in [0.25, 0.3) is 0 Å². The van der Waals surface area contributed by atoms with E-state index in [0.29, 0.717) is 12.0 Å². The lowest BCUT2D eigenvalue weighted by Crippen LogP contribution is -2.61. The number of likely N-dealkylation sites (N-methyl/N-ethyl adjacent to an activating group) is 1. The van der Waals surface area contributed by atoms with Crippen molar-refractivity contribution in [1.82, 2.24) is 10.2 Å². The molecule has 21 heavy (non-hydrogen) atoms. The Morgan fingerprint density at radius 3 is 2.38 bits per heavy atom. The van der Waals surface area contributed by atoms with E-state index >= 15 is 0 Å². The summed E-state index contributed by atoms with van der Waals surface area (Å²) in [6, 6.07) is 0.532. The van der Waals surface area contributed by atoms with Gasteiger partial charge < -0.3 is 9.64 Å². The average molecular weight is 294 g/mol. The lowest BCUT2D eigenvalue weighted by Gasteiger charge is -2.37. The van der Waals surface area contributed by atoms with Gasteiger partial charge >= 0.3 is 5.97 Å². The number of methoxy groups -OCH3 is 1. The van der Waals surface area contributed by atoms with E-state index in [4.69, 9.17) is 4.74 Å². The zero-order valence-electron chi connectivity index (χ0n) is 13.6. The Morgan fingerprint density at radius 1 is 1.19 bits per heavy atom. The summed E-state index contributed by atoms with van der Waals surface area (Å²) in [5.41, 5.74) is -0.455. The molecule has 1 unspecified atom stereocenters. The molecule has 0 radical (unpaired) electrons. The fourth-order valence-corrected chi connectivity index (χ4v) is 4.06. The minimum atomic E-state index is -0.455. The van der Waals surface area contributed by atoms with Crippen LogP contribution in [0.15, 0.2) is 0 Å². The molecule has 0 aromatic carbocycles. The van der Waals surface area contributed by atoms with Crippen LogP contribution >= 0.6 is 0 Å². The second kappa shape index (κ2) is 6.25. The minimum absolute atomic E-state index is 0.0461. The largest absolute Gasteiger partial charge is 0.468 e. The molecule has 4 heteroatoms. The Kier molecular flexibility index (Phi) is 4.55. The van der Waals surface area contributed by atoms with Gasteiger partial charge in [-0.2, -0.15) is 0 Å². The molecule has 0 heterocycles. The summed E-state index contributed by atoms with van der Waals surface area (Å²) in [5.74, 6) is 1.25. The van der Waals surface area contributed by atoms with Crippen molar-refractivity contribution in [3.05, 3.63) is 0 Å². The average Bonchev–Trinajstić information content (AvgIpc) is 3.38. The van der Waals surface area contributed by atoms with Crippen molar-refractivity contribution in [1.29, 1.82) is 0 Å². The van der Waals surface area contributed by atoms with Crippen molar-refractivity contribution < 1.29 is 9.53 Å². The van der Waals surface area contributed by atoms with Gasteiger partial charge in [-0.15, -0.1) is 0 Å². The number of carbonyl (C=O) groups is 1. The van der Waals surface area contributed by atoms with Gasteiger partial charge in [-0.3, -0.25) is 5.32 Å². The topological polar surface area (TPSA) is 41.6 Å². The Bertz CT molecular complexity index is 373. The monoisotopic (exact) mass is 294 g/mol. The molecule has 3 aliphatic carbocycles. The van der Waals surface area contributed by atoms with Crippen LogP contribution in [0, 0.1) is 11.8 Å². The number of rotatable bonds is 8. The minimum Gasteiger partial charge on any atom is -0.468 e. The maximum Gasteiger partial charge on any atom is 0.327 e. The Labute approximate surface area is 128 Å². The van der Waals surface area contributed by atoms with E-state index in [1.54, 1.807) is 0 Å². The molecule has 4 nitrogen and oxygen atoms in total. The van der Waals surface area contributed by atoms with Gasteiger partial charge in [0.15, 0.2) is 0 Å². The molecule has 0 aliphatic heterocycles. The van der Waals surface area contributed by atoms with E-state index in [-0.39, 0.29) is 5.97 Å². The number of hydrogen-bond acceptors (Lipinski definition) is 4. The van der Waals surface area contributed by atoms with E-state index in [1.165, 1.54) is 45.6 Å². The molecule has 3 aliphatic rings. The standard InChI is InChI=1S/C17H30N2O2/c1-19(11-13-5-3-4-6-13)12-17(14-7-8-14,16(20)21-2)18-15-9-10-15/h13-15,18H,3-12H2,1-2H3. The number of ether oxygens (including phenoxy) is 1. The normalized spacial score (nSPS) is 26.0. The second-order valence-electron chi connectivity index (χ2n) is 7.50. The highest BCUT2D eigenvalue weighted by Gasteiger charge is 2.54. The maximum absolute atomic E-state index is 12.5. The van der Waals surface area contributed by atoms with Crippen molar-refractivity contribution in [2.24, 2.45) is 11.8 Å². The van der Waals surface area contributed by atoms with Crippen molar-refractivity contribution in [3.8, 4) is 0 Å². The Morgan fingerprint density at radius 2 is 1.86 bits per heavy atom. The molecule has 3 saturated carbocycles. The molecule has 120 valence electrons. The second-order valence-corrected chi connectivity index (χ2v) is 7.50. The number of nitrogens with one attached hydrogen (secondary N) is 1. The molecule has 0 aromatic heterocycles. The van der Waals surface area contributed by atoms with Gasteiger partial charge in [0.05, 0.1) is 7.11 Å². The van der Waals surface area contributed by atoms with Crippen LogP contribution in [0.25, 0.3) is 0 Å². The van der Waals surface area contributed by atoms with E-state index in [9.17, 15) is 4.79 Å². The van der Waals surface area contributed by atoms with Gasteiger partial charge in [0.1, 0.15) is 5.54 Å². The first-order valence-electron chi connectivity index (χ1n) is 8.68. The highest BCUT2D eigenvalue weighted by atomic mass is 16.5. The first-order chi connectivity index (χ1) is 10.1. The summed E-state index contributed by atoms with van der Waals surface area (Å²) in [7, 11) is 3.71. The van der Waals surface area contributed by atoms with Gasteiger partial charge in [-0.1, -0.05) is 12.8 Å². The van der Waals surface area contributed by atoms with Gasteiger partial charge in [-0.25, -0.2) is 4.79 Å². The quantitative estimate of drug-likeness (QED) is 0.697. The maximum atomic E-state index is 12.5. The third-order valence-electron chi connectivity index (χ3n) is 5.43. The first kappa shape index (κ1) is 15.3. The van der Waals surface area contributed by atoms with Gasteiger partial charge in [0.2, 0.25) is 0 Å². The molecule has 1 N–H and O–H groups in total. The molecule has 0 saturated heterocycles. The molecule has 0 amide bonds. The van der Waals surface area contributed by atoms with Crippen molar-refractivity contribution in [2.45, 2.75) is 62.9 Å².